The number of aromatic nitrogens is 2. The molecule has 7 heteroatoms. The van der Waals surface area contributed by atoms with Crippen molar-refractivity contribution >= 4 is 67.6 Å². The minimum absolute atomic E-state index is 0.153. The Labute approximate surface area is 328 Å². The molecule has 0 N–H and O–H groups in total. The Morgan fingerprint density at radius 3 is 1.29 bits per heavy atom. The first-order chi connectivity index (χ1) is 26.9. The summed E-state index contributed by atoms with van der Waals surface area (Å²) in [5, 5.41) is 3.96. The van der Waals surface area contributed by atoms with Crippen LogP contribution < -0.4 is 4.74 Å². The van der Waals surface area contributed by atoms with Gasteiger partial charge < -0.3 is 0 Å². The molecule has 0 aliphatic rings. The molecule has 264 valence electrons. The first-order valence-corrected chi connectivity index (χ1v) is 21.3. The van der Waals surface area contributed by atoms with Crippen LogP contribution in [0.25, 0.3) is 83.4 Å². The van der Waals surface area contributed by atoms with Gasteiger partial charge in [0.25, 0.3) is 0 Å². The summed E-state index contributed by atoms with van der Waals surface area (Å²) in [5.41, 5.74) is 8.60. The number of fused-ring (bicyclic) bond motifs is 6. The van der Waals surface area contributed by atoms with Gasteiger partial charge in [0.05, 0.1) is 0 Å². The SMILES string of the molecule is Cc1cc(Oc2cc(C)cc(-c3nccc4c3[se]c3c(F)c(-c5ccccc5)ccc34)c2)cc(-c2nccc3c2[se]c2c(F)c(-c4ccccc4)ccc23)c1. The molecule has 0 atom stereocenters. The number of hydrogen-bond acceptors (Lipinski definition) is 3. The van der Waals surface area contributed by atoms with Crippen LogP contribution in [0.5, 0.6) is 11.5 Å². The van der Waals surface area contributed by atoms with E-state index in [-0.39, 0.29) is 40.6 Å². The van der Waals surface area contributed by atoms with E-state index in [1.807, 2.05) is 148 Å². The molecule has 0 amide bonds. The Morgan fingerprint density at radius 2 is 0.855 bits per heavy atom. The van der Waals surface area contributed by atoms with Crippen LogP contribution in [0.4, 0.5) is 8.78 Å². The Kier molecular flexibility index (Phi) is 8.35. The van der Waals surface area contributed by atoms with E-state index in [0.717, 1.165) is 83.4 Å². The van der Waals surface area contributed by atoms with E-state index in [4.69, 9.17) is 14.7 Å². The first-order valence-electron chi connectivity index (χ1n) is 17.9. The molecule has 0 spiro atoms. The van der Waals surface area contributed by atoms with E-state index < -0.39 is 0 Å². The number of hydrogen-bond donors (Lipinski definition) is 0. The summed E-state index contributed by atoms with van der Waals surface area (Å²) in [4.78, 5) is 9.71. The van der Waals surface area contributed by atoms with Gasteiger partial charge in [0.15, 0.2) is 0 Å². The van der Waals surface area contributed by atoms with Gasteiger partial charge in [-0.1, -0.05) is 0 Å². The van der Waals surface area contributed by atoms with Crippen molar-refractivity contribution in [1.29, 1.82) is 0 Å². The zero-order valence-electron chi connectivity index (χ0n) is 29.7. The second-order valence-corrected chi connectivity index (χ2v) is 18.1. The molecule has 0 radical (unpaired) electrons. The van der Waals surface area contributed by atoms with Crippen LogP contribution in [0.3, 0.4) is 0 Å². The number of aryl methyl sites for hydroxylation is 2. The fourth-order valence-electron chi connectivity index (χ4n) is 7.58. The quantitative estimate of drug-likeness (QED) is 0.156. The van der Waals surface area contributed by atoms with Crippen molar-refractivity contribution in [3.8, 4) is 56.3 Å². The van der Waals surface area contributed by atoms with Crippen LogP contribution in [0, 0.1) is 25.5 Å². The predicted molar refractivity (Wildman–Crippen MR) is 224 cm³/mol. The van der Waals surface area contributed by atoms with Crippen molar-refractivity contribution in [2.45, 2.75) is 13.8 Å². The van der Waals surface area contributed by atoms with Crippen molar-refractivity contribution in [2.24, 2.45) is 0 Å². The van der Waals surface area contributed by atoms with Gasteiger partial charge >= 0.3 is 330 Å². The monoisotopic (exact) mass is 848 g/mol. The maximum atomic E-state index is 16.1. The third kappa shape index (κ3) is 5.92. The fourth-order valence-corrected chi connectivity index (χ4v) is 12.8. The summed E-state index contributed by atoms with van der Waals surface area (Å²) in [7, 11) is 0. The van der Waals surface area contributed by atoms with Gasteiger partial charge in [0.1, 0.15) is 0 Å². The van der Waals surface area contributed by atoms with Gasteiger partial charge in [-0.25, -0.2) is 0 Å². The van der Waals surface area contributed by atoms with Gasteiger partial charge in [0, 0.05) is 0 Å². The Hall–Kier alpha value is -5.68. The molecular formula is C48H30F2N2OSe2. The summed E-state index contributed by atoms with van der Waals surface area (Å²) in [5.74, 6) is 1.06. The van der Waals surface area contributed by atoms with Crippen LogP contribution in [0.2, 0.25) is 0 Å². The summed E-state index contributed by atoms with van der Waals surface area (Å²) < 4.78 is 42.5. The average Bonchev–Trinajstić information content (AvgIpc) is 3.78. The molecule has 6 aromatic carbocycles. The van der Waals surface area contributed by atoms with E-state index in [1.165, 1.54) is 0 Å². The number of ether oxygens (including phenoxy) is 1. The van der Waals surface area contributed by atoms with Crippen molar-refractivity contribution in [3.05, 3.63) is 169 Å². The third-order valence-corrected chi connectivity index (χ3v) is 15.2. The molecule has 0 fully saturated rings. The van der Waals surface area contributed by atoms with E-state index >= 15 is 8.78 Å². The molecule has 0 saturated heterocycles. The second-order valence-electron chi connectivity index (χ2n) is 13.8. The molecule has 4 aromatic heterocycles. The van der Waals surface area contributed by atoms with Gasteiger partial charge in [0.2, 0.25) is 0 Å². The van der Waals surface area contributed by atoms with E-state index in [2.05, 4.69) is 12.1 Å². The molecule has 0 aliphatic heterocycles. The Balaban J connectivity index is 1.03. The summed E-state index contributed by atoms with van der Waals surface area (Å²) >= 11 is -0.537. The van der Waals surface area contributed by atoms with Crippen molar-refractivity contribution in [2.75, 3.05) is 0 Å². The van der Waals surface area contributed by atoms with Crippen LogP contribution >= 0.6 is 0 Å². The zero-order chi connectivity index (χ0) is 37.2. The van der Waals surface area contributed by atoms with E-state index in [1.54, 1.807) is 0 Å². The summed E-state index contributed by atoms with van der Waals surface area (Å²) in [6, 6.07) is 43.6. The number of rotatable bonds is 6. The van der Waals surface area contributed by atoms with Crippen molar-refractivity contribution < 1.29 is 13.5 Å². The molecule has 3 nitrogen and oxygen atoms in total. The zero-order valence-corrected chi connectivity index (χ0v) is 33.2. The van der Waals surface area contributed by atoms with Crippen molar-refractivity contribution in [3.63, 3.8) is 0 Å². The fraction of sp³-hybridized carbons (Fsp3) is 0.0417. The van der Waals surface area contributed by atoms with Gasteiger partial charge in [-0.3, -0.25) is 0 Å². The number of pyridine rings is 2. The van der Waals surface area contributed by atoms with Gasteiger partial charge in [-0.2, -0.15) is 0 Å². The standard InChI is InChI=1S/C48H30F2N2OSe2/c1-27-21-31(43-47-39(17-19-51-43)37-15-13-35(41(49)45(37)54-47)29-9-5-3-6-10-29)25-33(23-27)53-34-24-28(2)22-32(26-34)44-48-40(18-20-52-44)38-16-14-36(42(50)46(38)55-48)30-11-7-4-8-12-30/h3-26H,1-2H3. The second kappa shape index (κ2) is 13.6. The molecule has 10 aromatic rings. The molecule has 4 heterocycles. The van der Waals surface area contributed by atoms with Crippen LogP contribution in [-0.4, -0.2) is 39.0 Å². The maximum absolute atomic E-state index is 16.1. The number of nitrogens with zero attached hydrogens (tertiary/aromatic N) is 2. The normalized spacial score (nSPS) is 11.6. The first kappa shape index (κ1) is 33.9. The number of benzene rings is 6. The molecule has 0 aliphatic carbocycles. The van der Waals surface area contributed by atoms with E-state index in [0.29, 0.717) is 22.6 Å². The van der Waals surface area contributed by atoms with Gasteiger partial charge in [-0.15, -0.1) is 0 Å². The molecule has 55 heavy (non-hydrogen) atoms. The average molecular weight is 847 g/mol. The topological polar surface area (TPSA) is 35.0 Å². The van der Waals surface area contributed by atoms with Gasteiger partial charge in [-0.05, 0) is 0 Å². The molecule has 0 bridgehead atoms. The number of halogens is 2. The third-order valence-electron chi connectivity index (χ3n) is 10.0. The van der Waals surface area contributed by atoms with Crippen LogP contribution in [-0.2, 0) is 0 Å². The Bertz CT molecular complexity index is 2910. The molecule has 0 saturated carbocycles. The summed E-state index contributed by atoms with van der Waals surface area (Å²) in [6.07, 6.45) is 3.63. The summed E-state index contributed by atoms with van der Waals surface area (Å²) in [6.45, 7) is 4.10. The predicted octanol–water partition coefficient (Wildman–Crippen LogP) is 12.6. The van der Waals surface area contributed by atoms with Crippen LogP contribution in [0.1, 0.15) is 11.1 Å². The van der Waals surface area contributed by atoms with Crippen LogP contribution in [0.15, 0.2) is 146 Å². The Morgan fingerprint density at radius 1 is 0.436 bits per heavy atom. The van der Waals surface area contributed by atoms with E-state index in [9.17, 15) is 0 Å². The minimum atomic E-state index is -0.268. The molecule has 10 rings (SSSR count). The van der Waals surface area contributed by atoms with Crippen molar-refractivity contribution in [1.82, 2.24) is 9.97 Å². The molecule has 0 unspecified atom stereocenters. The molecular weight excluding hydrogens is 816 g/mol.